The second kappa shape index (κ2) is 3.03. The van der Waals surface area contributed by atoms with Gasteiger partial charge in [0, 0.05) is 12.4 Å². The Balaban J connectivity index is 2.75. The van der Waals surface area contributed by atoms with Crippen LogP contribution in [0.3, 0.4) is 0 Å². The van der Waals surface area contributed by atoms with Gasteiger partial charge in [-0.05, 0) is 6.07 Å². The number of nitrogens with zero attached hydrogens (tertiary/aromatic N) is 2. The molecule has 0 amide bonds. The van der Waals surface area contributed by atoms with Crippen LogP contribution >= 0.6 is 11.6 Å². The first kappa shape index (κ1) is 10.1. The summed E-state index contributed by atoms with van der Waals surface area (Å²) < 4.78 is 37.9. The molecule has 2 rings (SSSR count). The van der Waals surface area contributed by atoms with E-state index in [-0.39, 0.29) is 16.4 Å². The summed E-state index contributed by atoms with van der Waals surface area (Å²) in [5, 5.41) is 9.11. The summed E-state index contributed by atoms with van der Waals surface area (Å²) in [6.07, 6.45) is -2.77. The van der Waals surface area contributed by atoms with E-state index in [2.05, 4.69) is 4.98 Å². The molecular formula is C8H4ClF3N2O. The minimum atomic E-state index is -4.53. The number of hydrogen-bond acceptors (Lipinski definition) is 2. The quantitative estimate of drug-likeness (QED) is 0.714. The van der Waals surface area contributed by atoms with Crippen molar-refractivity contribution in [3.8, 4) is 11.4 Å². The largest absolute Gasteiger partial charge is 0.427 e. The van der Waals surface area contributed by atoms with E-state index in [0.717, 1.165) is 6.20 Å². The van der Waals surface area contributed by atoms with Crippen molar-refractivity contribution in [2.24, 2.45) is 0 Å². The third kappa shape index (κ3) is 1.50. The molecule has 2 aliphatic rings. The molecule has 2 aliphatic heterocycles. The Labute approximate surface area is 87.0 Å². The molecular weight excluding hydrogens is 233 g/mol. The highest BCUT2D eigenvalue weighted by atomic mass is 35.5. The van der Waals surface area contributed by atoms with Crippen molar-refractivity contribution >= 4 is 11.6 Å². The van der Waals surface area contributed by atoms with Gasteiger partial charge in [-0.2, -0.15) is 17.9 Å². The number of hydrogen-bond donors (Lipinski definition) is 1. The van der Waals surface area contributed by atoms with Gasteiger partial charge in [0.15, 0.2) is 5.82 Å². The van der Waals surface area contributed by atoms with E-state index in [1.54, 1.807) is 0 Å². The molecule has 0 saturated carbocycles. The molecule has 0 unspecified atom stereocenters. The van der Waals surface area contributed by atoms with Gasteiger partial charge in [-0.15, -0.1) is 0 Å². The fourth-order valence-corrected chi connectivity index (χ4v) is 1.53. The standard InChI is InChI=1S/C8H4ClF3N2O/c9-5-1-2-14(15)7-6(5)4(3-13-7)8(10,11)12/h1-3,15H. The van der Waals surface area contributed by atoms with E-state index >= 15 is 0 Å². The number of halogens is 4. The zero-order chi connectivity index (χ0) is 11.2. The lowest BCUT2D eigenvalue weighted by atomic mass is 10.1. The normalized spacial score (nSPS) is 12.3. The molecule has 7 heteroatoms. The molecule has 15 heavy (non-hydrogen) atoms. The van der Waals surface area contributed by atoms with E-state index < -0.39 is 11.7 Å². The van der Waals surface area contributed by atoms with Crippen LogP contribution in [0.15, 0.2) is 18.5 Å². The monoisotopic (exact) mass is 236 g/mol. The SMILES string of the molecule is On1ccc(Cl)c2c(C(F)(F)F)cnc1-2. The van der Waals surface area contributed by atoms with E-state index in [1.807, 2.05) is 0 Å². The van der Waals surface area contributed by atoms with Gasteiger partial charge >= 0.3 is 6.18 Å². The van der Waals surface area contributed by atoms with Gasteiger partial charge in [0.1, 0.15) is 0 Å². The van der Waals surface area contributed by atoms with Crippen molar-refractivity contribution in [3.63, 3.8) is 0 Å². The molecule has 80 valence electrons. The Bertz CT molecular complexity index is 480. The molecule has 0 aromatic heterocycles. The van der Waals surface area contributed by atoms with Crippen molar-refractivity contribution in [2.45, 2.75) is 6.18 Å². The number of fused-ring (bicyclic) bond motifs is 1. The van der Waals surface area contributed by atoms with Crippen LogP contribution in [0.25, 0.3) is 11.4 Å². The first-order valence-corrected chi connectivity index (χ1v) is 4.21. The number of alkyl halides is 3. The Morgan fingerprint density at radius 1 is 1.40 bits per heavy atom. The van der Waals surface area contributed by atoms with Crippen molar-refractivity contribution in [1.82, 2.24) is 9.71 Å². The first-order valence-electron chi connectivity index (χ1n) is 3.83. The summed E-state index contributed by atoms with van der Waals surface area (Å²) in [5.41, 5.74) is -1.25. The average Bonchev–Trinajstić information content (AvgIpc) is 2.55. The predicted molar refractivity (Wildman–Crippen MR) is 46.0 cm³/mol. The highest BCUT2D eigenvalue weighted by molar-refractivity contribution is 6.33. The van der Waals surface area contributed by atoms with Gasteiger partial charge in [-0.1, -0.05) is 11.6 Å². The van der Waals surface area contributed by atoms with Crippen LogP contribution in [0.5, 0.6) is 0 Å². The number of rotatable bonds is 0. The van der Waals surface area contributed by atoms with Crippen LogP contribution < -0.4 is 0 Å². The fraction of sp³-hybridized carbons (Fsp3) is 0.125. The maximum atomic E-state index is 12.5. The van der Waals surface area contributed by atoms with E-state index in [9.17, 15) is 18.4 Å². The lowest BCUT2D eigenvalue weighted by Gasteiger charge is -2.09. The molecule has 0 atom stereocenters. The van der Waals surface area contributed by atoms with Crippen LogP contribution in [-0.2, 0) is 6.18 Å². The molecule has 0 spiro atoms. The van der Waals surface area contributed by atoms with Crippen LogP contribution in [-0.4, -0.2) is 14.9 Å². The third-order valence-electron chi connectivity index (χ3n) is 1.93. The van der Waals surface area contributed by atoms with Gasteiger partial charge in [-0.3, -0.25) is 0 Å². The molecule has 2 heterocycles. The minimum Gasteiger partial charge on any atom is -0.427 e. The number of aromatic nitrogens is 2. The second-order valence-corrected chi connectivity index (χ2v) is 3.28. The van der Waals surface area contributed by atoms with Crippen LogP contribution in [0, 0.1) is 0 Å². The summed E-state index contributed by atoms with van der Waals surface area (Å²) in [7, 11) is 0. The average molecular weight is 237 g/mol. The van der Waals surface area contributed by atoms with Gasteiger partial charge in [0.2, 0.25) is 0 Å². The van der Waals surface area contributed by atoms with E-state index in [4.69, 9.17) is 11.6 Å². The Morgan fingerprint density at radius 2 is 2.07 bits per heavy atom. The van der Waals surface area contributed by atoms with Crippen molar-refractivity contribution in [2.75, 3.05) is 0 Å². The Morgan fingerprint density at radius 3 is 2.67 bits per heavy atom. The summed E-state index contributed by atoms with van der Waals surface area (Å²) in [6, 6.07) is 1.17. The van der Waals surface area contributed by atoms with Crippen molar-refractivity contribution in [3.05, 3.63) is 29.0 Å². The van der Waals surface area contributed by atoms with Crippen LogP contribution in [0.1, 0.15) is 5.56 Å². The summed E-state index contributed by atoms with van der Waals surface area (Å²) >= 11 is 5.62. The Hall–Kier alpha value is -1.43. The highest BCUT2D eigenvalue weighted by Crippen LogP contribution is 2.41. The molecule has 0 bridgehead atoms. The van der Waals surface area contributed by atoms with Crippen LogP contribution in [0.2, 0.25) is 5.02 Å². The van der Waals surface area contributed by atoms with Crippen LogP contribution in [0.4, 0.5) is 13.2 Å². The third-order valence-corrected chi connectivity index (χ3v) is 2.25. The second-order valence-electron chi connectivity index (χ2n) is 2.88. The van der Waals surface area contributed by atoms with Gasteiger partial charge in [0.25, 0.3) is 0 Å². The zero-order valence-corrected chi connectivity index (χ0v) is 7.84. The maximum Gasteiger partial charge on any atom is 0.418 e. The lowest BCUT2D eigenvalue weighted by Crippen LogP contribution is -2.06. The summed E-state index contributed by atoms with van der Waals surface area (Å²) in [6.45, 7) is 0. The molecule has 0 radical (unpaired) electrons. The smallest absolute Gasteiger partial charge is 0.418 e. The van der Waals surface area contributed by atoms with E-state index in [0.29, 0.717) is 10.9 Å². The molecule has 3 nitrogen and oxygen atoms in total. The molecule has 0 saturated heterocycles. The van der Waals surface area contributed by atoms with Crippen molar-refractivity contribution < 1.29 is 18.4 Å². The summed E-state index contributed by atoms with van der Waals surface area (Å²) in [4.78, 5) is 3.45. The minimum absolute atomic E-state index is 0.0971. The maximum absolute atomic E-state index is 12.5. The Kier molecular flexibility index (Phi) is 2.04. The summed E-state index contributed by atoms with van der Waals surface area (Å²) in [5.74, 6) is -0.213. The molecule has 0 aromatic rings. The fourth-order valence-electron chi connectivity index (χ4n) is 1.29. The van der Waals surface area contributed by atoms with E-state index in [1.165, 1.54) is 6.07 Å². The highest BCUT2D eigenvalue weighted by Gasteiger charge is 2.37. The predicted octanol–water partition coefficient (Wildman–Crippen LogP) is 2.90. The number of pyridine rings is 1. The first-order chi connectivity index (χ1) is 6.91. The van der Waals surface area contributed by atoms with Crippen molar-refractivity contribution in [1.29, 1.82) is 0 Å². The lowest BCUT2D eigenvalue weighted by molar-refractivity contribution is -0.137. The van der Waals surface area contributed by atoms with Gasteiger partial charge in [0.05, 0.1) is 16.1 Å². The van der Waals surface area contributed by atoms with Gasteiger partial charge < -0.3 is 5.21 Å². The molecule has 0 fully saturated rings. The molecule has 0 aromatic carbocycles. The topological polar surface area (TPSA) is 38.0 Å². The molecule has 0 aliphatic carbocycles. The van der Waals surface area contributed by atoms with Gasteiger partial charge in [-0.25, -0.2) is 4.98 Å². The molecule has 1 N–H and O–H groups in total. The zero-order valence-electron chi connectivity index (χ0n) is 7.09.